The number of hydrogen-bond acceptors (Lipinski definition) is 3. The van der Waals surface area contributed by atoms with Crippen molar-refractivity contribution in [2.75, 3.05) is 13.2 Å². The molecule has 0 amide bonds. The molecule has 0 aromatic heterocycles. The van der Waals surface area contributed by atoms with Crippen LogP contribution in [0.25, 0.3) is 0 Å². The van der Waals surface area contributed by atoms with Gasteiger partial charge >= 0.3 is 5.97 Å². The van der Waals surface area contributed by atoms with Gasteiger partial charge in [-0.15, -0.1) is 0 Å². The number of ether oxygens (including phenoxy) is 1. The number of aliphatic carboxylic acids is 1. The molecule has 4 nitrogen and oxygen atoms in total. The number of rotatable bonds is 1. The Morgan fingerprint density at radius 1 is 1.90 bits per heavy atom. The predicted molar refractivity (Wildman–Crippen MR) is 34.3 cm³/mol. The van der Waals surface area contributed by atoms with Gasteiger partial charge in [0.25, 0.3) is 0 Å². The Balaban J connectivity index is 2.47. The third-order valence-corrected chi connectivity index (χ3v) is 1.41. The van der Waals surface area contributed by atoms with E-state index in [0.717, 1.165) is 6.54 Å². The number of morpholine rings is 1. The third kappa shape index (κ3) is 1.46. The highest BCUT2D eigenvalue weighted by Crippen LogP contribution is 2.11. The van der Waals surface area contributed by atoms with Crippen molar-refractivity contribution in [3.63, 3.8) is 0 Å². The summed E-state index contributed by atoms with van der Waals surface area (Å²) >= 11 is 0. The van der Waals surface area contributed by atoms with Crippen LogP contribution in [0.4, 0.5) is 0 Å². The van der Waals surface area contributed by atoms with Gasteiger partial charge in [0.15, 0.2) is 0 Å². The summed E-state index contributed by atoms with van der Waals surface area (Å²) < 4.78 is 4.91. The number of hydrogen-bond donors (Lipinski definition) is 2. The van der Waals surface area contributed by atoms with Gasteiger partial charge in [-0.1, -0.05) is 0 Å². The van der Waals surface area contributed by atoms with Gasteiger partial charge in [-0.25, -0.2) is 4.79 Å². The fourth-order valence-corrected chi connectivity index (χ4v) is 0.901. The zero-order valence-electron chi connectivity index (χ0n) is 5.76. The fraction of sp³-hybridized carbons (Fsp3) is 0.667. The Hall–Kier alpha value is -0.610. The molecule has 0 aliphatic carbocycles. The van der Waals surface area contributed by atoms with Crippen molar-refractivity contribution in [1.82, 2.24) is 5.32 Å². The number of nitrogens with one attached hydrogen (secondary N) is 1. The monoisotopic (exact) mass is 144 g/mol. The summed E-state index contributed by atoms with van der Waals surface area (Å²) in [6, 6.07) is -0.161. The Labute approximate surface area is 59.2 Å². The van der Waals surface area contributed by atoms with Gasteiger partial charge in [0.1, 0.15) is 0 Å². The SMILES string of the molecule is CC1NCCO[C]1C(=O)O. The van der Waals surface area contributed by atoms with Gasteiger partial charge in [0.05, 0.1) is 6.61 Å². The maximum atomic E-state index is 10.4. The van der Waals surface area contributed by atoms with Gasteiger partial charge in [-0.2, -0.15) is 0 Å². The summed E-state index contributed by atoms with van der Waals surface area (Å²) in [5, 5.41) is 11.5. The molecule has 1 radical (unpaired) electrons. The van der Waals surface area contributed by atoms with Crippen LogP contribution in [0, 0.1) is 6.10 Å². The molecule has 2 N–H and O–H groups in total. The largest absolute Gasteiger partial charge is 0.479 e. The summed E-state index contributed by atoms with van der Waals surface area (Å²) in [4.78, 5) is 10.4. The van der Waals surface area contributed by atoms with Gasteiger partial charge in [-0.05, 0) is 6.92 Å². The second kappa shape index (κ2) is 2.98. The fourth-order valence-electron chi connectivity index (χ4n) is 0.901. The lowest BCUT2D eigenvalue weighted by Crippen LogP contribution is -2.44. The molecular weight excluding hydrogens is 134 g/mol. The molecule has 0 bridgehead atoms. The molecule has 0 aromatic carbocycles. The van der Waals surface area contributed by atoms with Crippen LogP contribution in [-0.4, -0.2) is 30.3 Å². The minimum atomic E-state index is -0.972. The van der Waals surface area contributed by atoms with E-state index in [2.05, 4.69) is 5.32 Å². The summed E-state index contributed by atoms with van der Waals surface area (Å²) in [5.74, 6) is -0.972. The smallest absolute Gasteiger partial charge is 0.341 e. The van der Waals surface area contributed by atoms with Gasteiger partial charge in [-0.3, -0.25) is 0 Å². The van der Waals surface area contributed by atoms with E-state index in [-0.39, 0.29) is 12.1 Å². The lowest BCUT2D eigenvalue weighted by molar-refractivity contribution is -0.143. The topological polar surface area (TPSA) is 58.6 Å². The van der Waals surface area contributed by atoms with Crippen LogP contribution in [-0.2, 0) is 9.53 Å². The molecule has 0 aromatic rings. The second-order valence-electron chi connectivity index (χ2n) is 2.19. The number of carboxylic acid groups (broad SMARTS) is 1. The first-order valence-corrected chi connectivity index (χ1v) is 3.18. The van der Waals surface area contributed by atoms with Crippen molar-refractivity contribution in [3.05, 3.63) is 6.10 Å². The molecule has 1 aliphatic rings. The first-order chi connectivity index (χ1) is 4.72. The molecule has 1 unspecified atom stereocenters. The van der Waals surface area contributed by atoms with Crippen LogP contribution >= 0.6 is 0 Å². The minimum Gasteiger partial charge on any atom is -0.479 e. The molecule has 1 fully saturated rings. The summed E-state index contributed by atoms with van der Waals surface area (Å²) in [6.07, 6.45) is 0.117. The number of carboxylic acids is 1. The lowest BCUT2D eigenvalue weighted by Gasteiger charge is -2.25. The standard InChI is InChI=1S/C6H10NO3/c1-4-5(6(8)9)10-3-2-7-4/h4,7H,2-3H2,1H3,(H,8,9). The lowest BCUT2D eigenvalue weighted by atomic mass is 10.1. The Morgan fingerprint density at radius 2 is 2.60 bits per heavy atom. The van der Waals surface area contributed by atoms with Crippen molar-refractivity contribution < 1.29 is 14.6 Å². The summed E-state index contributed by atoms with van der Waals surface area (Å²) in [5.41, 5.74) is 0. The predicted octanol–water partition coefficient (Wildman–Crippen LogP) is -0.389. The van der Waals surface area contributed by atoms with E-state index in [0.29, 0.717) is 6.61 Å². The highest BCUT2D eigenvalue weighted by molar-refractivity contribution is 5.81. The van der Waals surface area contributed by atoms with Crippen LogP contribution in [0.3, 0.4) is 0 Å². The normalized spacial score (nSPS) is 28.3. The van der Waals surface area contributed by atoms with Gasteiger partial charge < -0.3 is 15.2 Å². The maximum absolute atomic E-state index is 10.4. The molecule has 1 atom stereocenters. The van der Waals surface area contributed by atoms with E-state index in [1.807, 2.05) is 0 Å². The third-order valence-electron chi connectivity index (χ3n) is 1.41. The Bertz CT molecular complexity index is 137. The van der Waals surface area contributed by atoms with Crippen molar-refractivity contribution in [1.29, 1.82) is 0 Å². The first kappa shape index (κ1) is 7.50. The summed E-state index contributed by atoms with van der Waals surface area (Å²) in [7, 11) is 0. The van der Waals surface area contributed by atoms with E-state index < -0.39 is 5.97 Å². The zero-order valence-corrected chi connectivity index (χ0v) is 5.76. The van der Waals surface area contributed by atoms with Crippen molar-refractivity contribution in [3.8, 4) is 0 Å². The Morgan fingerprint density at radius 3 is 3.00 bits per heavy atom. The molecule has 1 rings (SSSR count). The average molecular weight is 144 g/mol. The molecule has 57 valence electrons. The molecule has 1 aliphatic heterocycles. The van der Waals surface area contributed by atoms with Gasteiger partial charge in [0, 0.05) is 12.6 Å². The van der Waals surface area contributed by atoms with Crippen LogP contribution in [0.15, 0.2) is 0 Å². The van der Waals surface area contributed by atoms with Crippen molar-refractivity contribution >= 4 is 5.97 Å². The molecule has 1 heterocycles. The van der Waals surface area contributed by atoms with E-state index in [9.17, 15) is 4.79 Å². The van der Waals surface area contributed by atoms with E-state index >= 15 is 0 Å². The highest BCUT2D eigenvalue weighted by Gasteiger charge is 2.29. The van der Waals surface area contributed by atoms with Crippen LogP contribution in [0.5, 0.6) is 0 Å². The molecule has 0 spiro atoms. The first-order valence-electron chi connectivity index (χ1n) is 3.18. The molecular formula is C6H10NO3. The molecule has 0 saturated carbocycles. The Kier molecular flexibility index (Phi) is 2.24. The zero-order chi connectivity index (χ0) is 7.56. The molecule has 10 heavy (non-hydrogen) atoms. The average Bonchev–Trinajstić information content (AvgIpc) is 1.88. The molecule has 4 heteroatoms. The van der Waals surface area contributed by atoms with Crippen molar-refractivity contribution in [2.45, 2.75) is 13.0 Å². The van der Waals surface area contributed by atoms with E-state index in [1.54, 1.807) is 6.92 Å². The van der Waals surface area contributed by atoms with Crippen molar-refractivity contribution in [2.24, 2.45) is 0 Å². The van der Waals surface area contributed by atoms with Crippen LogP contribution in [0.1, 0.15) is 6.92 Å². The second-order valence-corrected chi connectivity index (χ2v) is 2.19. The van der Waals surface area contributed by atoms with Gasteiger partial charge in [0.2, 0.25) is 6.10 Å². The molecule has 1 saturated heterocycles. The minimum absolute atomic E-state index is 0.117. The highest BCUT2D eigenvalue weighted by atomic mass is 16.5. The van der Waals surface area contributed by atoms with Crippen LogP contribution in [0.2, 0.25) is 0 Å². The van der Waals surface area contributed by atoms with E-state index in [1.165, 1.54) is 0 Å². The number of carbonyl (C=O) groups is 1. The maximum Gasteiger partial charge on any atom is 0.341 e. The van der Waals surface area contributed by atoms with Crippen LogP contribution < -0.4 is 5.32 Å². The van der Waals surface area contributed by atoms with E-state index in [4.69, 9.17) is 9.84 Å². The quantitative estimate of drug-likeness (QED) is 0.526. The summed E-state index contributed by atoms with van der Waals surface area (Å²) in [6.45, 7) is 2.94.